The van der Waals surface area contributed by atoms with E-state index in [1.54, 1.807) is 23.0 Å². The lowest BCUT2D eigenvalue weighted by Crippen LogP contribution is -2.23. The Hall–Kier alpha value is -3.10. The van der Waals surface area contributed by atoms with E-state index in [1.807, 2.05) is 55.5 Å². The molecule has 6 nitrogen and oxygen atoms in total. The van der Waals surface area contributed by atoms with Crippen molar-refractivity contribution in [1.29, 1.82) is 0 Å². The van der Waals surface area contributed by atoms with Crippen LogP contribution in [-0.4, -0.2) is 28.3 Å². The fourth-order valence-electron chi connectivity index (χ4n) is 4.39. The lowest BCUT2D eigenvalue weighted by Gasteiger charge is -2.18. The Balaban J connectivity index is 1.52. The zero-order valence-corrected chi connectivity index (χ0v) is 21.6. The molecule has 2 aromatic carbocycles. The summed E-state index contributed by atoms with van der Waals surface area (Å²) in [4.78, 5) is 33.5. The van der Waals surface area contributed by atoms with Crippen molar-refractivity contribution in [2.24, 2.45) is 5.92 Å². The molecule has 1 aliphatic rings. The van der Waals surface area contributed by atoms with E-state index in [4.69, 9.17) is 9.72 Å². The number of ether oxygens (including phenoxy) is 1. The van der Waals surface area contributed by atoms with Crippen molar-refractivity contribution in [2.75, 3.05) is 18.2 Å². The molecule has 2 heterocycles. The van der Waals surface area contributed by atoms with E-state index in [2.05, 4.69) is 12.2 Å². The van der Waals surface area contributed by atoms with E-state index in [0.717, 1.165) is 46.3 Å². The van der Waals surface area contributed by atoms with Gasteiger partial charge in [-0.1, -0.05) is 36.4 Å². The summed E-state index contributed by atoms with van der Waals surface area (Å²) in [5.74, 6) is 1.32. The summed E-state index contributed by atoms with van der Waals surface area (Å²) < 4.78 is 6.93. The summed E-state index contributed by atoms with van der Waals surface area (Å²) in [6, 6.07) is 15.0. The van der Waals surface area contributed by atoms with E-state index >= 15 is 0 Å². The number of thiophene rings is 1. The van der Waals surface area contributed by atoms with Gasteiger partial charge in [0.1, 0.15) is 10.6 Å². The molecule has 0 saturated heterocycles. The number of aromatic nitrogens is 2. The number of fused-ring (bicyclic) bond motifs is 3. The van der Waals surface area contributed by atoms with E-state index in [0.29, 0.717) is 22.5 Å². The Morgan fingerprint density at radius 2 is 1.94 bits per heavy atom. The minimum absolute atomic E-state index is 0.0753. The summed E-state index contributed by atoms with van der Waals surface area (Å²) in [6.45, 7) is 4.26. The Kier molecular flexibility index (Phi) is 6.67. The highest BCUT2D eigenvalue weighted by molar-refractivity contribution is 7.99. The van der Waals surface area contributed by atoms with Crippen molar-refractivity contribution in [1.82, 2.24) is 9.55 Å². The van der Waals surface area contributed by atoms with Gasteiger partial charge in [-0.25, -0.2) is 4.98 Å². The van der Waals surface area contributed by atoms with Crippen molar-refractivity contribution >= 4 is 44.9 Å². The number of thioether (sulfide) groups is 1. The molecule has 1 N–H and O–H groups in total. The zero-order valence-electron chi connectivity index (χ0n) is 20.0. The Morgan fingerprint density at radius 1 is 1.20 bits per heavy atom. The molecule has 0 radical (unpaired) electrons. The maximum absolute atomic E-state index is 13.9. The van der Waals surface area contributed by atoms with Crippen LogP contribution in [-0.2, 0) is 17.6 Å². The molecule has 35 heavy (non-hydrogen) atoms. The van der Waals surface area contributed by atoms with Gasteiger partial charge in [-0.2, -0.15) is 0 Å². The quantitative estimate of drug-likeness (QED) is 0.272. The summed E-state index contributed by atoms with van der Waals surface area (Å²) in [7, 11) is 1.61. The highest BCUT2D eigenvalue weighted by Gasteiger charge is 2.25. The molecular formula is C27H27N3O3S2. The van der Waals surface area contributed by atoms with Crippen LogP contribution in [0, 0.1) is 12.8 Å². The lowest BCUT2D eigenvalue weighted by molar-refractivity contribution is -0.113. The van der Waals surface area contributed by atoms with Crippen LogP contribution in [0.2, 0.25) is 0 Å². The first-order valence-corrected chi connectivity index (χ1v) is 13.4. The number of aryl methyl sites for hydroxylation is 2. The average Bonchev–Trinajstić information content (AvgIpc) is 3.22. The van der Waals surface area contributed by atoms with Gasteiger partial charge in [-0.15, -0.1) is 11.3 Å². The number of amides is 1. The molecule has 0 saturated carbocycles. The topological polar surface area (TPSA) is 73.2 Å². The number of benzene rings is 2. The third-order valence-corrected chi connectivity index (χ3v) is 8.38. The molecule has 2 aromatic heterocycles. The second kappa shape index (κ2) is 9.87. The molecule has 0 spiro atoms. The van der Waals surface area contributed by atoms with Crippen LogP contribution in [0.15, 0.2) is 58.5 Å². The number of nitrogens with one attached hydrogen (secondary N) is 1. The highest BCUT2D eigenvalue weighted by atomic mass is 32.2. The first kappa shape index (κ1) is 23.6. The van der Waals surface area contributed by atoms with Crippen LogP contribution in [0.1, 0.15) is 29.3 Å². The molecule has 1 atom stereocenters. The zero-order chi connectivity index (χ0) is 24.5. The summed E-state index contributed by atoms with van der Waals surface area (Å²) in [6.07, 6.45) is 2.97. The molecule has 0 aliphatic heterocycles. The van der Waals surface area contributed by atoms with Gasteiger partial charge in [0, 0.05) is 10.6 Å². The van der Waals surface area contributed by atoms with Crippen LogP contribution in [0.4, 0.5) is 5.69 Å². The number of anilines is 1. The second-order valence-corrected chi connectivity index (χ2v) is 11.0. The third-order valence-electron chi connectivity index (χ3n) is 6.30. The molecule has 0 fully saturated rings. The monoisotopic (exact) mass is 505 g/mol. The fraction of sp³-hybridized carbons (Fsp3) is 0.296. The molecule has 5 rings (SSSR count). The van der Waals surface area contributed by atoms with Crippen LogP contribution in [0.5, 0.6) is 5.75 Å². The van der Waals surface area contributed by atoms with Crippen molar-refractivity contribution in [3.63, 3.8) is 0 Å². The second-order valence-electron chi connectivity index (χ2n) is 8.97. The van der Waals surface area contributed by atoms with Gasteiger partial charge in [-0.3, -0.25) is 14.2 Å². The van der Waals surface area contributed by atoms with Crippen molar-refractivity contribution in [2.45, 2.75) is 38.3 Å². The van der Waals surface area contributed by atoms with E-state index in [9.17, 15) is 9.59 Å². The summed E-state index contributed by atoms with van der Waals surface area (Å²) >= 11 is 2.89. The van der Waals surface area contributed by atoms with Gasteiger partial charge in [0.25, 0.3) is 5.56 Å². The fourth-order valence-corrected chi connectivity index (χ4v) is 6.63. The summed E-state index contributed by atoms with van der Waals surface area (Å²) in [5.41, 5.74) is 3.66. The molecule has 1 amide bonds. The summed E-state index contributed by atoms with van der Waals surface area (Å²) in [5, 5.41) is 4.16. The number of nitrogens with zero attached hydrogens (tertiary/aromatic N) is 2. The molecule has 1 aliphatic carbocycles. The van der Waals surface area contributed by atoms with Gasteiger partial charge in [0.15, 0.2) is 5.16 Å². The maximum Gasteiger partial charge on any atom is 0.267 e. The SMILES string of the molecule is COc1ccc(-n2c(SCC(=O)Nc3ccc(C)cc3)nc3sc4c(c3c2=O)CCC(C)C4)cc1. The van der Waals surface area contributed by atoms with E-state index in [1.165, 1.54) is 16.6 Å². The largest absolute Gasteiger partial charge is 0.497 e. The van der Waals surface area contributed by atoms with Crippen LogP contribution in [0.3, 0.4) is 0 Å². The molecule has 8 heteroatoms. The molecule has 1 unspecified atom stereocenters. The normalized spacial score (nSPS) is 15.1. The number of methoxy groups -OCH3 is 1. The third kappa shape index (κ3) is 4.86. The maximum atomic E-state index is 13.9. The number of carbonyl (C=O) groups excluding carboxylic acids is 1. The smallest absolute Gasteiger partial charge is 0.267 e. The van der Waals surface area contributed by atoms with Gasteiger partial charge in [0.05, 0.1) is 23.9 Å². The Bertz CT molecular complexity index is 1440. The van der Waals surface area contributed by atoms with Crippen LogP contribution >= 0.6 is 23.1 Å². The standard InChI is InChI=1S/C27H27N3O3S2/c1-16-4-7-18(8-5-16)28-23(31)15-34-27-29-25-24(21-13-6-17(2)14-22(21)35-25)26(32)30(27)19-9-11-20(33-3)12-10-19/h4-5,7-12,17H,6,13-15H2,1-3H3,(H,28,31). The number of carbonyl (C=O) groups is 1. The minimum atomic E-state index is -0.145. The molecule has 180 valence electrons. The Labute approximate surface area is 212 Å². The number of hydrogen-bond donors (Lipinski definition) is 1. The van der Waals surface area contributed by atoms with Gasteiger partial charge < -0.3 is 10.1 Å². The van der Waals surface area contributed by atoms with Crippen molar-refractivity contribution < 1.29 is 9.53 Å². The number of hydrogen-bond acceptors (Lipinski definition) is 6. The molecule has 4 aromatic rings. The van der Waals surface area contributed by atoms with Crippen molar-refractivity contribution in [3.05, 3.63) is 74.9 Å². The van der Waals surface area contributed by atoms with Crippen LogP contribution < -0.4 is 15.6 Å². The van der Waals surface area contributed by atoms with Crippen molar-refractivity contribution in [3.8, 4) is 11.4 Å². The number of rotatable bonds is 6. The lowest BCUT2D eigenvalue weighted by atomic mass is 9.89. The van der Waals surface area contributed by atoms with Gasteiger partial charge >= 0.3 is 0 Å². The first-order chi connectivity index (χ1) is 16.9. The van der Waals surface area contributed by atoms with E-state index < -0.39 is 0 Å². The molecular weight excluding hydrogens is 478 g/mol. The highest BCUT2D eigenvalue weighted by Crippen LogP contribution is 2.37. The minimum Gasteiger partial charge on any atom is -0.497 e. The Morgan fingerprint density at radius 3 is 2.66 bits per heavy atom. The average molecular weight is 506 g/mol. The van der Waals surface area contributed by atoms with Gasteiger partial charge in [0.2, 0.25) is 5.91 Å². The van der Waals surface area contributed by atoms with Crippen LogP contribution in [0.25, 0.3) is 15.9 Å². The predicted octanol–water partition coefficient (Wildman–Crippen LogP) is 5.62. The van der Waals surface area contributed by atoms with Gasteiger partial charge in [-0.05, 0) is 74.1 Å². The van der Waals surface area contributed by atoms with E-state index in [-0.39, 0.29) is 17.2 Å². The molecule has 0 bridgehead atoms. The first-order valence-electron chi connectivity index (χ1n) is 11.6. The predicted molar refractivity (Wildman–Crippen MR) is 143 cm³/mol.